The maximum Gasteiger partial charge on any atom is 0.311 e. The average Bonchev–Trinajstić information content (AvgIpc) is 2.80. The summed E-state index contributed by atoms with van der Waals surface area (Å²) in [6.45, 7) is 1.88. The minimum Gasteiger partial charge on any atom is -0.361 e. The lowest BCUT2D eigenvalue weighted by Gasteiger charge is -2.19. The number of nitrogens with zero attached hydrogens (tertiary/aromatic N) is 1. The zero-order chi connectivity index (χ0) is 16.1. The van der Waals surface area contributed by atoms with Crippen LogP contribution >= 0.6 is 0 Å². The number of hydrogen-bond donors (Lipinski definition) is 2. The first-order valence-corrected chi connectivity index (χ1v) is 8.38. The van der Waals surface area contributed by atoms with Gasteiger partial charge in [-0.25, -0.2) is 0 Å². The summed E-state index contributed by atoms with van der Waals surface area (Å²) in [5.74, 6) is -0.863. The van der Waals surface area contributed by atoms with Crippen LogP contribution in [0.5, 0.6) is 0 Å². The Labute approximate surface area is 136 Å². The maximum atomic E-state index is 12.2. The average molecular weight is 313 g/mol. The highest BCUT2D eigenvalue weighted by atomic mass is 16.2. The highest BCUT2D eigenvalue weighted by Gasteiger charge is 2.22. The molecule has 2 heterocycles. The second-order valence-electron chi connectivity index (χ2n) is 6.07. The summed E-state index contributed by atoms with van der Waals surface area (Å²) < 4.78 is 0. The number of carbonyl (C=O) groups excluding carboxylic acids is 2. The molecule has 0 unspecified atom stereocenters. The molecule has 0 saturated carbocycles. The van der Waals surface area contributed by atoms with Crippen molar-refractivity contribution in [3.63, 3.8) is 0 Å². The van der Waals surface area contributed by atoms with Crippen LogP contribution in [0.15, 0.2) is 30.5 Å². The lowest BCUT2D eigenvalue weighted by Crippen LogP contribution is -2.43. The van der Waals surface area contributed by atoms with Gasteiger partial charge in [-0.3, -0.25) is 9.59 Å². The van der Waals surface area contributed by atoms with Gasteiger partial charge in [-0.1, -0.05) is 31.0 Å². The van der Waals surface area contributed by atoms with E-state index in [-0.39, 0.29) is 5.91 Å². The van der Waals surface area contributed by atoms with E-state index in [0.29, 0.717) is 26.1 Å². The molecular formula is C18H23N3O2. The molecule has 0 spiro atoms. The zero-order valence-electron chi connectivity index (χ0n) is 13.3. The van der Waals surface area contributed by atoms with E-state index in [0.717, 1.165) is 36.8 Å². The smallest absolute Gasteiger partial charge is 0.311 e. The number of likely N-dealkylation sites (tertiary alicyclic amines) is 1. The number of para-hydroxylation sites is 1. The van der Waals surface area contributed by atoms with Crippen LogP contribution < -0.4 is 5.32 Å². The highest BCUT2D eigenvalue weighted by molar-refractivity contribution is 6.35. The van der Waals surface area contributed by atoms with Crippen molar-refractivity contribution >= 4 is 22.7 Å². The SMILES string of the molecule is O=C(NCCc1c[nH]c2ccccc12)C(=O)N1CCCCCC1. The van der Waals surface area contributed by atoms with Crippen molar-refractivity contribution in [3.05, 3.63) is 36.0 Å². The maximum absolute atomic E-state index is 12.2. The van der Waals surface area contributed by atoms with Gasteiger partial charge in [-0.15, -0.1) is 0 Å². The van der Waals surface area contributed by atoms with Gasteiger partial charge in [0.2, 0.25) is 0 Å². The molecule has 1 aromatic carbocycles. The lowest BCUT2D eigenvalue weighted by molar-refractivity contribution is -0.145. The number of nitrogens with one attached hydrogen (secondary N) is 2. The Hall–Kier alpha value is -2.30. The summed E-state index contributed by atoms with van der Waals surface area (Å²) in [6, 6.07) is 8.08. The van der Waals surface area contributed by atoms with E-state index in [1.54, 1.807) is 4.90 Å². The van der Waals surface area contributed by atoms with E-state index >= 15 is 0 Å². The van der Waals surface area contributed by atoms with Crippen LogP contribution in [0.2, 0.25) is 0 Å². The van der Waals surface area contributed by atoms with Crippen molar-refractivity contribution in [2.24, 2.45) is 0 Å². The Balaban J connectivity index is 1.51. The number of H-pyrrole nitrogens is 1. The molecule has 23 heavy (non-hydrogen) atoms. The first kappa shape index (κ1) is 15.6. The van der Waals surface area contributed by atoms with Gasteiger partial charge in [-0.2, -0.15) is 0 Å². The standard InChI is InChI=1S/C18H23N3O2/c22-17(18(23)21-11-5-1-2-6-12-21)19-10-9-14-13-20-16-8-4-3-7-15(14)16/h3-4,7-8,13,20H,1-2,5-6,9-12H2,(H,19,22). The zero-order valence-corrected chi connectivity index (χ0v) is 13.3. The van der Waals surface area contributed by atoms with Crippen molar-refractivity contribution < 1.29 is 9.59 Å². The van der Waals surface area contributed by atoms with Gasteiger partial charge in [-0.05, 0) is 30.9 Å². The molecule has 1 aliphatic heterocycles. The number of carbonyl (C=O) groups is 2. The molecule has 3 rings (SSSR count). The fourth-order valence-corrected chi connectivity index (χ4v) is 3.14. The van der Waals surface area contributed by atoms with E-state index < -0.39 is 5.91 Å². The minimum atomic E-state index is -0.480. The summed E-state index contributed by atoms with van der Waals surface area (Å²) in [4.78, 5) is 29.1. The van der Waals surface area contributed by atoms with E-state index in [4.69, 9.17) is 0 Å². The number of hydrogen-bond acceptors (Lipinski definition) is 2. The van der Waals surface area contributed by atoms with Gasteiger partial charge in [0.1, 0.15) is 0 Å². The van der Waals surface area contributed by atoms with Crippen LogP contribution in [0.4, 0.5) is 0 Å². The Morgan fingerprint density at radius 2 is 1.83 bits per heavy atom. The van der Waals surface area contributed by atoms with Crippen LogP contribution in [-0.4, -0.2) is 41.3 Å². The topological polar surface area (TPSA) is 65.2 Å². The van der Waals surface area contributed by atoms with Gasteiger partial charge in [0, 0.05) is 36.7 Å². The van der Waals surface area contributed by atoms with Gasteiger partial charge in [0.15, 0.2) is 0 Å². The van der Waals surface area contributed by atoms with E-state index in [1.807, 2.05) is 24.4 Å². The third-order valence-corrected chi connectivity index (χ3v) is 4.44. The monoisotopic (exact) mass is 313 g/mol. The summed E-state index contributed by atoms with van der Waals surface area (Å²) in [6.07, 6.45) is 6.96. The molecule has 1 aliphatic rings. The molecule has 5 nitrogen and oxygen atoms in total. The number of rotatable bonds is 3. The second kappa shape index (κ2) is 7.31. The molecule has 0 atom stereocenters. The molecule has 5 heteroatoms. The van der Waals surface area contributed by atoms with Crippen molar-refractivity contribution in [2.75, 3.05) is 19.6 Å². The van der Waals surface area contributed by atoms with Crippen molar-refractivity contribution in [1.82, 2.24) is 15.2 Å². The van der Waals surface area contributed by atoms with Crippen molar-refractivity contribution in [1.29, 1.82) is 0 Å². The fraction of sp³-hybridized carbons (Fsp3) is 0.444. The predicted octanol–water partition coefficient (Wildman–Crippen LogP) is 2.23. The highest BCUT2D eigenvalue weighted by Crippen LogP contribution is 2.17. The Kier molecular flexibility index (Phi) is 4.95. The van der Waals surface area contributed by atoms with Crippen LogP contribution in [-0.2, 0) is 16.0 Å². The van der Waals surface area contributed by atoms with E-state index in [2.05, 4.69) is 16.4 Å². The third kappa shape index (κ3) is 3.73. The molecule has 122 valence electrons. The predicted molar refractivity (Wildman–Crippen MR) is 90.1 cm³/mol. The summed E-state index contributed by atoms with van der Waals surface area (Å²) in [7, 11) is 0. The molecule has 2 aromatic rings. The Morgan fingerprint density at radius 3 is 2.61 bits per heavy atom. The molecule has 0 bridgehead atoms. The first-order valence-electron chi connectivity index (χ1n) is 8.38. The molecule has 0 radical (unpaired) electrons. The molecule has 1 saturated heterocycles. The van der Waals surface area contributed by atoms with Crippen LogP contribution in [0, 0.1) is 0 Å². The minimum absolute atomic E-state index is 0.383. The number of aromatic nitrogens is 1. The van der Waals surface area contributed by atoms with Gasteiger partial charge in [0.25, 0.3) is 0 Å². The first-order chi connectivity index (χ1) is 11.3. The molecule has 2 N–H and O–H groups in total. The molecule has 1 fully saturated rings. The van der Waals surface area contributed by atoms with Gasteiger partial charge in [0.05, 0.1) is 0 Å². The third-order valence-electron chi connectivity index (χ3n) is 4.44. The largest absolute Gasteiger partial charge is 0.361 e. The fourth-order valence-electron chi connectivity index (χ4n) is 3.14. The number of amides is 2. The Morgan fingerprint density at radius 1 is 1.09 bits per heavy atom. The molecule has 2 amide bonds. The second-order valence-corrected chi connectivity index (χ2v) is 6.07. The normalized spacial score (nSPS) is 15.4. The van der Waals surface area contributed by atoms with Crippen molar-refractivity contribution in [3.8, 4) is 0 Å². The van der Waals surface area contributed by atoms with Crippen LogP contribution in [0.1, 0.15) is 31.2 Å². The summed E-state index contributed by atoms with van der Waals surface area (Å²) >= 11 is 0. The molecule has 1 aromatic heterocycles. The lowest BCUT2D eigenvalue weighted by atomic mass is 10.1. The summed E-state index contributed by atoms with van der Waals surface area (Å²) in [5, 5.41) is 3.93. The molecule has 0 aliphatic carbocycles. The van der Waals surface area contributed by atoms with Gasteiger partial charge >= 0.3 is 11.8 Å². The summed E-state index contributed by atoms with van der Waals surface area (Å²) in [5.41, 5.74) is 2.25. The molecular weight excluding hydrogens is 290 g/mol. The number of benzene rings is 1. The van der Waals surface area contributed by atoms with Crippen molar-refractivity contribution in [2.45, 2.75) is 32.1 Å². The van der Waals surface area contributed by atoms with Crippen LogP contribution in [0.3, 0.4) is 0 Å². The van der Waals surface area contributed by atoms with E-state index in [1.165, 1.54) is 5.39 Å². The van der Waals surface area contributed by atoms with E-state index in [9.17, 15) is 9.59 Å². The number of fused-ring (bicyclic) bond motifs is 1. The van der Waals surface area contributed by atoms with Crippen LogP contribution in [0.25, 0.3) is 10.9 Å². The Bertz CT molecular complexity index is 684. The van der Waals surface area contributed by atoms with Gasteiger partial charge < -0.3 is 15.2 Å². The quantitative estimate of drug-likeness (QED) is 0.854. The number of aromatic amines is 1.